The van der Waals surface area contributed by atoms with Gasteiger partial charge in [0.15, 0.2) is 0 Å². The third kappa shape index (κ3) is 3.17. The van der Waals surface area contributed by atoms with Crippen LogP contribution in [0.4, 0.5) is 8.78 Å². The Morgan fingerprint density at radius 3 is 2.20 bits per heavy atom. The molecule has 1 aliphatic carbocycles. The topological polar surface area (TPSA) is 37.3 Å². The van der Waals surface area contributed by atoms with Crippen LogP contribution in [-0.4, -0.2) is 17.0 Å². The molecule has 1 N–H and O–H groups in total. The van der Waals surface area contributed by atoms with E-state index in [1.807, 2.05) is 0 Å². The average Bonchev–Trinajstić information content (AvgIpc) is 2.38. The maximum atomic E-state index is 13.0. The van der Waals surface area contributed by atoms with E-state index in [-0.39, 0.29) is 6.42 Å². The van der Waals surface area contributed by atoms with Crippen LogP contribution in [0.1, 0.15) is 50.2 Å². The van der Waals surface area contributed by atoms with E-state index in [9.17, 15) is 18.7 Å². The zero-order valence-electron chi connectivity index (χ0n) is 11.7. The Hall–Kier alpha value is -1.45. The van der Waals surface area contributed by atoms with Crippen LogP contribution in [0, 0.1) is 0 Å². The highest BCUT2D eigenvalue weighted by atomic mass is 19.3. The van der Waals surface area contributed by atoms with Crippen LogP contribution in [0.15, 0.2) is 24.3 Å². The van der Waals surface area contributed by atoms with E-state index in [1.165, 1.54) is 0 Å². The van der Waals surface area contributed by atoms with E-state index < -0.39 is 17.3 Å². The fraction of sp³-hybridized carbons (Fsp3) is 0.562. The van der Waals surface area contributed by atoms with Crippen LogP contribution in [0.25, 0.3) is 0 Å². The Balaban J connectivity index is 2.25. The van der Waals surface area contributed by atoms with Gasteiger partial charge >= 0.3 is 5.97 Å². The van der Waals surface area contributed by atoms with E-state index in [4.69, 9.17) is 0 Å². The van der Waals surface area contributed by atoms with Gasteiger partial charge in [0.05, 0.1) is 5.41 Å². The lowest BCUT2D eigenvalue weighted by Gasteiger charge is -2.33. The number of carbonyl (C=O) groups is 1. The van der Waals surface area contributed by atoms with Crippen molar-refractivity contribution in [2.24, 2.45) is 0 Å². The quantitative estimate of drug-likeness (QED) is 0.900. The molecule has 0 bridgehead atoms. The zero-order valence-corrected chi connectivity index (χ0v) is 11.7. The molecule has 0 atom stereocenters. The maximum absolute atomic E-state index is 13.0. The summed E-state index contributed by atoms with van der Waals surface area (Å²) in [6.45, 7) is 0.890. The van der Waals surface area contributed by atoms with Crippen LogP contribution < -0.4 is 0 Å². The first kappa shape index (κ1) is 14.9. The van der Waals surface area contributed by atoms with Gasteiger partial charge in [-0.2, -0.15) is 0 Å². The molecule has 4 heteroatoms. The van der Waals surface area contributed by atoms with Gasteiger partial charge in [0.25, 0.3) is 0 Å². The molecule has 0 radical (unpaired) electrons. The molecule has 20 heavy (non-hydrogen) atoms. The molecular weight excluding hydrogens is 262 g/mol. The number of hydrogen-bond acceptors (Lipinski definition) is 1. The monoisotopic (exact) mass is 282 g/mol. The Labute approximate surface area is 117 Å². The van der Waals surface area contributed by atoms with Crippen molar-refractivity contribution in [2.45, 2.75) is 56.8 Å². The SMILES string of the molecule is CC(F)(F)Cc1ccc(C2(C(=O)O)CCCCC2)cc1. The van der Waals surface area contributed by atoms with E-state index in [0.717, 1.165) is 31.7 Å². The number of carboxylic acid groups (broad SMARTS) is 1. The molecule has 0 spiro atoms. The Bertz CT molecular complexity index is 468. The molecule has 0 amide bonds. The van der Waals surface area contributed by atoms with Crippen molar-refractivity contribution >= 4 is 5.97 Å². The highest BCUT2D eigenvalue weighted by molar-refractivity contribution is 5.81. The van der Waals surface area contributed by atoms with Crippen molar-refractivity contribution in [1.82, 2.24) is 0 Å². The summed E-state index contributed by atoms with van der Waals surface area (Å²) in [4.78, 5) is 11.7. The molecule has 1 aliphatic rings. The number of alkyl halides is 2. The predicted molar refractivity (Wildman–Crippen MR) is 73.2 cm³/mol. The summed E-state index contributed by atoms with van der Waals surface area (Å²) in [5.41, 5.74) is 0.455. The third-order valence-corrected chi connectivity index (χ3v) is 4.14. The van der Waals surface area contributed by atoms with Crippen molar-refractivity contribution < 1.29 is 18.7 Å². The summed E-state index contributed by atoms with van der Waals surface area (Å²) in [5.74, 6) is -3.54. The van der Waals surface area contributed by atoms with Gasteiger partial charge in [-0.1, -0.05) is 43.5 Å². The maximum Gasteiger partial charge on any atom is 0.314 e. The molecule has 2 nitrogen and oxygen atoms in total. The molecule has 2 rings (SSSR count). The summed E-state index contributed by atoms with van der Waals surface area (Å²) >= 11 is 0. The highest BCUT2D eigenvalue weighted by Crippen LogP contribution is 2.40. The fourth-order valence-electron chi connectivity index (χ4n) is 3.08. The lowest BCUT2D eigenvalue weighted by Crippen LogP contribution is -2.37. The summed E-state index contributed by atoms with van der Waals surface area (Å²) in [5, 5.41) is 9.58. The molecule has 1 aromatic rings. The van der Waals surface area contributed by atoms with Crippen LogP contribution >= 0.6 is 0 Å². The van der Waals surface area contributed by atoms with Crippen molar-refractivity contribution in [3.8, 4) is 0 Å². The molecule has 0 aliphatic heterocycles. The Morgan fingerprint density at radius 1 is 1.20 bits per heavy atom. The third-order valence-electron chi connectivity index (χ3n) is 4.14. The Morgan fingerprint density at radius 2 is 1.75 bits per heavy atom. The lowest BCUT2D eigenvalue weighted by atomic mass is 9.69. The first-order chi connectivity index (χ1) is 9.33. The van der Waals surface area contributed by atoms with Crippen LogP contribution in [0.2, 0.25) is 0 Å². The predicted octanol–water partition coefficient (Wildman–Crippen LogP) is 4.17. The second-order valence-corrected chi connectivity index (χ2v) is 5.89. The van der Waals surface area contributed by atoms with Crippen LogP contribution in [0.3, 0.4) is 0 Å². The minimum Gasteiger partial charge on any atom is -0.481 e. The van der Waals surface area contributed by atoms with E-state index in [1.54, 1.807) is 24.3 Å². The minimum atomic E-state index is -2.74. The Kier molecular flexibility index (Phi) is 4.11. The van der Waals surface area contributed by atoms with Crippen molar-refractivity contribution in [3.63, 3.8) is 0 Å². The van der Waals surface area contributed by atoms with Gasteiger partial charge in [0.1, 0.15) is 0 Å². The summed E-state index contributed by atoms with van der Waals surface area (Å²) in [6.07, 6.45) is 3.82. The molecule has 1 aromatic carbocycles. The van der Waals surface area contributed by atoms with Crippen molar-refractivity contribution in [2.75, 3.05) is 0 Å². The number of benzene rings is 1. The molecular formula is C16H20F2O2. The normalized spacial score (nSPS) is 18.8. The van der Waals surface area contributed by atoms with E-state index in [0.29, 0.717) is 18.4 Å². The van der Waals surface area contributed by atoms with Gasteiger partial charge in [-0.15, -0.1) is 0 Å². The smallest absolute Gasteiger partial charge is 0.314 e. The molecule has 0 aromatic heterocycles. The van der Waals surface area contributed by atoms with E-state index >= 15 is 0 Å². The number of rotatable bonds is 4. The van der Waals surface area contributed by atoms with Crippen molar-refractivity contribution in [1.29, 1.82) is 0 Å². The molecule has 1 saturated carbocycles. The van der Waals surface area contributed by atoms with Gasteiger partial charge in [-0.05, 0) is 30.9 Å². The van der Waals surface area contributed by atoms with Crippen LogP contribution in [0.5, 0.6) is 0 Å². The van der Waals surface area contributed by atoms with Crippen LogP contribution in [-0.2, 0) is 16.6 Å². The van der Waals surface area contributed by atoms with Gasteiger partial charge in [0, 0.05) is 6.42 Å². The number of aliphatic carboxylic acids is 1. The molecule has 0 saturated heterocycles. The lowest BCUT2D eigenvalue weighted by molar-refractivity contribution is -0.145. The van der Waals surface area contributed by atoms with Gasteiger partial charge in [-0.25, -0.2) is 8.78 Å². The van der Waals surface area contributed by atoms with Gasteiger partial charge < -0.3 is 5.11 Å². The minimum absolute atomic E-state index is 0.312. The number of halogens is 2. The second-order valence-electron chi connectivity index (χ2n) is 5.89. The standard InChI is InChI=1S/C16H20F2O2/c1-15(17,18)11-12-5-7-13(8-6-12)16(14(19)20)9-3-2-4-10-16/h5-8H,2-4,9-11H2,1H3,(H,19,20). The fourth-order valence-corrected chi connectivity index (χ4v) is 3.08. The summed E-state index contributed by atoms with van der Waals surface area (Å²) < 4.78 is 25.9. The van der Waals surface area contributed by atoms with E-state index in [2.05, 4.69) is 0 Å². The summed E-state index contributed by atoms with van der Waals surface area (Å²) in [7, 11) is 0. The first-order valence-electron chi connectivity index (χ1n) is 7.04. The first-order valence-corrected chi connectivity index (χ1v) is 7.04. The second kappa shape index (κ2) is 5.51. The number of hydrogen-bond donors (Lipinski definition) is 1. The number of carboxylic acids is 1. The van der Waals surface area contributed by atoms with Gasteiger partial charge in [0.2, 0.25) is 5.92 Å². The van der Waals surface area contributed by atoms with Crippen molar-refractivity contribution in [3.05, 3.63) is 35.4 Å². The molecule has 0 heterocycles. The zero-order chi connectivity index (χ0) is 14.8. The van der Waals surface area contributed by atoms with Gasteiger partial charge in [-0.3, -0.25) is 4.79 Å². The average molecular weight is 282 g/mol. The molecule has 110 valence electrons. The summed E-state index contributed by atoms with van der Waals surface area (Å²) in [6, 6.07) is 6.68. The molecule has 0 unspecified atom stereocenters. The largest absolute Gasteiger partial charge is 0.481 e. The highest BCUT2D eigenvalue weighted by Gasteiger charge is 2.41. The molecule has 1 fully saturated rings.